The summed E-state index contributed by atoms with van der Waals surface area (Å²) in [5.41, 5.74) is 0.568. The molecule has 0 bridgehead atoms. The molecule has 0 spiro atoms. The van der Waals surface area contributed by atoms with Crippen molar-refractivity contribution in [3.8, 4) is 11.5 Å². The highest BCUT2D eigenvalue weighted by atomic mass is 16.5. The highest BCUT2D eigenvalue weighted by molar-refractivity contribution is 5.34. The van der Waals surface area contributed by atoms with Gasteiger partial charge in [0.15, 0.2) is 0 Å². The largest absolute Gasteiger partial charge is 0.457 e. The summed E-state index contributed by atoms with van der Waals surface area (Å²) in [7, 11) is 0. The van der Waals surface area contributed by atoms with Crippen molar-refractivity contribution in [2.75, 3.05) is 6.61 Å². The number of hydrogen-bond acceptors (Lipinski definition) is 7. The minimum Gasteiger partial charge on any atom is -0.457 e. The number of pyridine rings is 1. The van der Waals surface area contributed by atoms with Crippen LogP contribution in [0.4, 0.5) is 0 Å². The molecule has 128 valence electrons. The summed E-state index contributed by atoms with van der Waals surface area (Å²) in [5.74, 6) is 1.13. The minimum atomic E-state index is -1.41. The van der Waals surface area contributed by atoms with Crippen molar-refractivity contribution in [3.63, 3.8) is 0 Å². The van der Waals surface area contributed by atoms with Gasteiger partial charge < -0.3 is 29.9 Å². The van der Waals surface area contributed by atoms with E-state index in [1.165, 1.54) is 0 Å². The van der Waals surface area contributed by atoms with Gasteiger partial charge in [0.25, 0.3) is 0 Å². The molecule has 4 N–H and O–H groups in total. The van der Waals surface area contributed by atoms with E-state index in [1.807, 2.05) is 0 Å². The number of aromatic nitrogens is 1. The predicted molar refractivity (Wildman–Crippen MR) is 83.5 cm³/mol. The molecule has 1 saturated heterocycles. The van der Waals surface area contributed by atoms with E-state index in [0.29, 0.717) is 17.1 Å². The zero-order chi connectivity index (χ0) is 17.1. The van der Waals surface area contributed by atoms with E-state index >= 15 is 0 Å². The summed E-state index contributed by atoms with van der Waals surface area (Å²) in [4.78, 5) is 3.91. The maximum Gasteiger partial charge on any atom is 0.130 e. The fourth-order valence-corrected chi connectivity index (χ4v) is 2.67. The third-order valence-corrected chi connectivity index (χ3v) is 3.96. The van der Waals surface area contributed by atoms with Crippen LogP contribution in [0.2, 0.25) is 0 Å². The lowest BCUT2D eigenvalue weighted by atomic mass is 9.91. The summed E-state index contributed by atoms with van der Waals surface area (Å²) in [6.45, 7) is -0.464. The van der Waals surface area contributed by atoms with Crippen molar-refractivity contribution in [1.29, 1.82) is 0 Å². The van der Waals surface area contributed by atoms with E-state index < -0.39 is 37.1 Å². The standard InChI is InChI=1S/C17H19NO6/c19-9-13-14(20)15(21)16(22)17(24-13)10-2-1-3-12(8-10)23-11-4-6-18-7-5-11/h1-8,13-17,19-22H,9H2/t13-,14-,15+,16+,17-/m1/s1. The zero-order valence-electron chi connectivity index (χ0n) is 12.8. The molecule has 0 amide bonds. The molecule has 7 heteroatoms. The van der Waals surface area contributed by atoms with Crippen LogP contribution < -0.4 is 4.74 Å². The van der Waals surface area contributed by atoms with Crippen molar-refractivity contribution in [1.82, 2.24) is 4.98 Å². The van der Waals surface area contributed by atoms with Crippen LogP contribution in [0.25, 0.3) is 0 Å². The minimum absolute atomic E-state index is 0.464. The first-order valence-corrected chi connectivity index (χ1v) is 7.58. The van der Waals surface area contributed by atoms with Crippen LogP contribution in [0.5, 0.6) is 11.5 Å². The van der Waals surface area contributed by atoms with Crippen LogP contribution >= 0.6 is 0 Å². The van der Waals surface area contributed by atoms with Gasteiger partial charge in [0, 0.05) is 12.4 Å². The van der Waals surface area contributed by atoms with Crippen molar-refractivity contribution < 1.29 is 29.9 Å². The topological polar surface area (TPSA) is 112 Å². The number of rotatable bonds is 4. The third kappa shape index (κ3) is 3.40. The van der Waals surface area contributed by atoms with E-state index in [-0.39, 0.29) is 0 Å². The van der Waals surface area contributed by atoms with Crippen LogP contribution in [-0.4, -0.2) is 56.4 Å². The van der Waals surface area contributed by atoms with E-state index in [4.69, 9.17) is 9.47 Å². The smallest absolute Gasteiger partial charge is 0.130 e. The summed E-state index contributed by atoms with van der Waals surface area (Å²) < 4.78 is 11.3. The average Bonchev–Trinajstić information content (AvgIpc) is 2.61. The Kier molecular flexibility index (Phi) is 5.08. The second-order valence-electron chi connectivity index (χ2n) is 5.61. The molecule has 1 aromatic carbocycles. The van der Waals surface area contributed by atoms with Crippen LogP contribution in [0, 0.1) is 0 Å². The van der Waals surface area contributed by atoms with Gasteiger partial charge in [-0.05, 0) is 29.8 Å². The lowest BCUT2D eigenvalue weighted by Gasteiger charge is -2.40. The van der Waals surface area contributed by atoms with E-state index in [0.717, 1.165) is 0 Å². The van der Waals surface area contributed by atoms with Gasteiger partial charge in [-0.2, -0.15) is 0 Å². The third-order valence-electron chi connectivity index (χ3n) is 3.96. The van der Waals surface area contributed by atoms with Gasteiger partial charge in [-0.25, -0.2) is 0 Å². The number of nitrogens with zero attached hydrogens (tertiary/aromatic N) is 1. The lowest BCUT2D eigenvalue weighted by Crippen LogP contribution is -2.55. The maximum atomic E-state index is 10.2. The van der Waals surface area contributed by atoms with Gasteiger partial charge >= 0.3 is 0 Å². The monoisotopic (exact) mass is 333 g/mol. The summed E-state index contributed by atoms with van der Waals surface area (Å²) in [5, 5.41) is 39.2. The van der Waals surface area contributed by atoms with Gasteiger partial charge in [0.2, 0.25) is 0 Å². The van der Waals surface area contributed by atoms with Crippen LogP contribution in [0.1, 0.15) is 11.7 Å². The van der Waals surface area contributed by atoms with Crippen molar-refractivity contribution in [2.24, 2.45) is 0 Å². The Morgan fingerprint density at radius 2 is 1.71 bits per heavy atom. The first-order chi connectivity index (χ1) is 11.6. The second kappa shape index (κ2) is 7.25. The molecule has 2 heterocycles. The van der Waals surface area contributed by atoms with Gasteiger partial charge in [0.05, 0.1) is 6.61 Å². The Hall–Kier alpha value is -2.03. The van der Waals surface area contributed by atoms with Gasteiger partial charge in [-0.15, -0.1) is 0 Å². The number of aliphatic hydroxyl groups excluding tert-OH is 4. The van der Waals surface area contributed by atoms with Crippen molar-refractivity contribution >= 4 is 0 Å². The normalized spacial score (nSPS) is 30.1. The van der Waals surface area contributed by atoms with E-state index in [2.05, 4.69) is 4.98 Å². The molecular formula is C17H19NO6. The van der Waals surface area contributed by atoms with E-state index in [1.54, 1.807) is 48.8 Å². The van der Waals surface area contributed by atoms with E-state index in [9.17, 15) is 20.4 Å². The Morgan fingerprint density at radius 1 is 0.958 bits per heavy atom. The molecule has 1 fully saturated rings. The molecule has 0 aliphatic carbocycles. The molecule has 2 aromatic rings. The van der Waals surface area contributed by atoms with Crippen LogP contribution in [-0.2, 0) is 4.74 Å². The first-order valence-electron chi connectivity index (χ1n) is 7.58. The van der Waals surface area contributed by atoms with Gasteiger partial charge in [-0.1, -0.05) is 12.1 Å². The van der Waals surface area contributed by atoms with Gasteiger partial charge in [0.1, 0.15) is 42.0 Å². The molecule has 5 atom stereocenters. The predicted octanol–water partition coefficient (Wildman–Crippen LogP) is 0.389. The fraction of sp³-hybridized carbons (Fsp3) is 0.353. The number of benzene rings is 1. The second-order valence-corrected chi connectivity index (χ2v) is 5.61. The quantitative estimate of drug-likeness (QED) is 0.640. The molecule has 7 nitrogen and oxygen atoms in total. The van der Waals surface area contributed by atoms with Crippen molar-refractivity contribution in [2.45, 2.75) is 30.5 Å². The Labute approximate surface area is 138 Å². The zero-order valence-corrected chi connectivity index (χ0v) is 12.8. The molecule has 1 aliphatic heterocycles. The first kappa shape index (κ1) is 16.8. The number of ether oxygens (including phenoxy) is 2. The molecule has 0 unspecified atom stereocenters. The molecule has 0 radical (unpaired) electrons. The molecule has 3 rings (SSSR count). The maximum absolute atomic E-state index is 10.2. The summed E-state index contributed by atoms with van der Waals surface area (Å²) >= 11 is 0. The number of aliphatic hydroxyl groups is 4. The Balaban J connectivity index is 1.82. The summed E-state index contributed by atoms with van der Waals surface area (Å²) in [6.07, 6.45) is -2.73. The Morgan fingerprint density at radius 3 is 2.42 bits per heavy atom. The molecule has 0 saturated carbocycles. The Bertz CT molecular complexity index is 665. The number of hydrogen-bond donors (Lipinski definition) is 4. The van der Waals surface area contributed by atoms with Crippen LogP contribution in [0.15, 0.2) is 48.8 Å². The lowest BCUT2D eigenvalue weighted by molar-refractivity contribution is -0.231. The average molecular weight is 333 g/mol. The fourth-order valence-electron chi connectivity index (χ4n) is 2.67. The molecule has 24 heavy (non-hydrogen) atoms. The highest BCUT2D eigenvalue weighted by Crippen LogP contribution is 2.34. The summed E-state index contributed by atoms with van der Waals surface area (Å²) in [6, 6.07) is 10.3. The van der Waals surface area contributed by atoms with Crippen molar-refractivity contribution in [3.05, 3.63) is 54.4 Å². The van der Waals surface area contributed by atoms with Gasteiger partial charge in [-0.3, -0.25) is 4.98 Å². The van der Waals surface area contributed by atoms with Crippen LogP contribution in [0.3, 0.4) is 0 Å². The highest BCUT2D eigenvalue weighted by Gasteiger charge is 2.43. The molecule has 1 aromatic heterocycles. The SMILES string of the molecule is OC[C@H]1O[C@H](c2cccc(Oc3ccncc3)c2)[C@@H](O)[C@@H](O)[C@@H]1O. The molecular weight excluding hydrogens is 314 g/mol. The molecule has 1 aliphatic rings.